The van der Waals surface area contributed by atoms with Gasteiger partial charge in [0.1, 0.15) is 29.4 Å². The van der Waals surface area contributed by atoms with Crippen molar-refractivity contribution in [3.05, 3.63) is 82.2 Å². The number of aliphatic hydroxyl groups excluding tert-OH is 1. The third-order valence-electron chi connectivity index (χ3n) is 5.63. The smallest absolute Gasteiger partial charge is 0.346 e. The van der Waals surface area contributed by atoms with Gasteiger partial charge >= 0.3 is 5.97 Å². The molecule has 0 radical (unpaired) electrons. The summed E-state index contributed by atoms with van der Waals surface area (Å²) in [6.07, 6.45) is -0.300. The van der Waals surface area contributed by atoms with Crippen molar-refractivity contribution < 1.29 is 28.8 Å². The molecule has 0 aromatic heterocycles. The molecule has 7 heteroatoms. The highest BCUT2D eigenvalue weighted by Crippen LogP contribution is 2.45. The van der Waals surface area contributed by atoms with Crippen molar-refractivity contribution in [3.8, 4) is 28.7 Å². The summed E-state index contributed by atoms with van der Waals surface area (Å²) in [7, 11) is 1.45. The molecule has 1 heterocycles. The number of nitrogens with zero attached hydrogens (tertiary/aromatic N) is 1. The number of benzene rings is 3. The summed E-state index contributed by atoms with van der Waals surface area (Å²) >= 11 is 0. The van der Waals surface area contributed by atoms with E-state index in [0.717, 1.165) is 5.56 Å². The minimum Gasteiger partial charge on any atom is -0.495 e. The van der Waals surface area contributed by atoms with Crippen LogP contribution in [0.2, 0.25) is 0 Å². The SMILES string of the molecule is [C-]#[N+]c1cccc(Oc2cc(C)cc3c2Oc2ccc([C@@H](O)CC(C)C)c(OC)c2C(=O)OC3)c1. The van der Waals surface area contributed by atoms with Gasteiger partial charge in [0, 0.05) is 11.1 Å². The molecule has 1 aliphatic rings. The Morgan fingerprint density at radius 3 is 2.69 bits per heavy atom. The molecular formula is C28H27NO6. The molecule has 4 rings (SSSR count). The zero-order valence-corrected chi connectivity index (χ0v) is 20.1. The van der Waals surface area contributed by atoms with Crippen LogP contribution >= 0.6 is 0 Å². The molecular weight excluding hydrogens is 446 g/mol. The molecule has 0 spiro atoms. The van der Waals surface area contributed by atoms with Gasteiger partial charge in [0.05, 0.1) is 19.8 Å². The predicted molar refractivity (Wildman–Crippen MR) is 131 cm³/mol. The molecule has 180 valence electrons. The second-order valence-corrected chi connectivity index (χ2v) is 8.85. The van der Waals surface area contributed by atoms with E-state index in [1.807, 2.05) is 32.9 Å². The first-order valence-electron chi connectivity index (χ1n) is 11.3. The molecule has 0 amide bonds. The van der Waals surface area contributed by atoms with E-state index < -0.39 is 12.1 Å². The molecule has 3 aromatic rings. The number of hydrogen-bond donors (Lipinski definition) is 1. The molecule has 1 atom stereocenters. The van der Waals surface area contributed by atoms with Gasteiger partial charge in [0.25, 0.3) is 0 Å². The first kappa shape index (κ1) is 24.1. The van der Waals surface area contributed by atoms with Crippen LogP contribution in [0, 0.1) is 19.4 Å². The number of ether oxygens (including phenoxy) is 4. The summed E-state index contributed by atoms with van der Waals surface area (Å²) in [6.45, 7) is 13.1. The zero-order chi connectivity index (χ0) is 25.1. The van der Waals surface area contributed by atoms with Gasteiger partial charge in [0.2, 0.25) is 0 Å². The highest BCUT2D eigenvalue weighted by Gasteiger charge is 2.30. The van der Waals surface area contributed by atoms with Crippen LogP contribution in [-0.4, -0.2) is 18.2 Å². The van der Waals surface area contributed by atoms with Crippen molar-refractivity contribution >= 4 is 11.7 Å². The fourth-order valence-electron chi connectivity index (χ4n) is 4.10. The van der Waals surface area contributed by atoms with E-state index in [0.29, 0.717) is 40.5 Å². The molecule has 1 N–H and O–H groups in total. The molecule has 0 bridgehead atoms. The van der Waals surface area contributed by atoms with Gasteiger partial charge in [0.15, 0.2) is 17.2 Å². The number of carbonyl (C=O) groups excluding carboxylic acids is 1. The molecule has 0 aliphatic carbocycles. The van der Waals surface area contributed by atoms with Crippen molar-refractivity contribution in [1.82, 2.24) is 0 Å². The number of esters is 1. The van der Waals surface area contributed by atoms with E-state index in [-0.39, 0.29) is 29.6 Å². The van der Waals surface area contributed by atoms with E-state index in [2.05, 4.69) is 4.85 Å². The number of cyclic esters (lactones) is 1. The Balaban J connectivity index is 1.81. The quantitative estimate of drug-likeness (QED) is 0.310. The summed E-state index contributed by atoms with van der Waals surface area (Å²) in [4.78, 5) is 16.5. The molecule has 0 unspecified atom stereocenters. The van der Waals surface area contributed by atoms with Crippen molar-refractivity contribution in [2.75, 3.05) is 7.11 Å². The first-order chi connectivity index (χ1) is 16.8. The standard InChI is InChI=1S/C28H27NO6/c1-16(2)11-22(30)21-9-10-23-25(27(21)32-5)28(31)33-15-18-12-17(3)13-24(26(18)35-23)34-20-8-6-7-19(14-20)29-4/h6-10,12-14,16,22,30H,11,15H2,1-3,5H3/t22-/m0/s1. The molecule has 1 aliphatic heterocycles. The number of aryl methyl sites for hydroxylation is 1. The van der Waals surface area contributed by atoms with E-state index in [4.69, 9.17) is 25.5 Å². The maximum absolute atomic E-state index is 13.1. The van der Waals surface area contributed by atoms with E-state index in [1.165, 1.54) is 7.11 Å². The summed E-state index contributed by atoms with van der Waals surface area (Å²) in [5.74, 6) is 1.41. The van der Waals surface area contributed by atoms with Gasteiger partial charge < -0.3 is 24.1 Å². The highest BCUT2D eigenvalue weighted by atomic mass is 16.6. The largest absolute Gasteiger partial charge is 0.495 e. The number of carbonyl (C=O) groups is 1. The van der Waals surface area contributed by atoms with Crippen LogP contribution in [0.1, 0.15) is 53.4 Å². The highest BCUT2D eigenvalue weighted by molar-refractivity contribution is 5.96. The Hall–Kier alpha value is -4.02. The van der Waals surface area contributed by atoms with Gasteiger partial charge in [-0.1, -0.05) is 26.0 Å². The minimum absolute atomic E-state index is 0.0321. The van der Waals surface area contributed by atoms with Gasteiger partial charge in [-0.15, -0.1) is 0 Å². The van der Waals surface area contributed by atoms with Crippen LogP contribution < -0.4 is 14.2 Å². The fourth-order valence-corrected chi connectivity index (χ4v) is 4.10. The third kappa shape index (κ3) is 5.08. The zero-order valence-electron chi connectivity index (χ0n) is 20.1. The Kier molecular flexibility index (Phi) is 6.94. The summed E-state index contributed by atoms with van der Waals surface area (Å²) in [5, 5.41) is 10.7. The average molecular weight is 474 g/mol. The lowest BCUT2D eigenvalue weighted by Gasteiger charge is -2.24. The number of aliphatic hydroxyl groups is 1. The van der Waals surface area contributed by atoms with Crippen LogP contribution in [0.3, 0.4) is 0 Å². The van der Waals surface area contributed by atoms with Gasteiger partial charge in [-0.05, 0) is 61.2 Å². The van der Waals surface area contributed by atoms with Crippen molar-refractivity contribution in [2.45, 2.75) is 39.9 Å². The molecule has 0 fully saturated rings. The molecule has 0 saturated heterocycles. The Labute approximate surface area is 204 Å². The first-order valence-corrected chi connectivity index (χ1v) is 11.3. The van der Waals surface area contributed by atoms with Crippen LogP contribution in [0.25, 0.3) is 4.85 Å². The number of rotatable bonds is 6. The maximum atomic E-state index is 13.1. The van der Waals surface area contributed by atoms with E-state index >= 15 is 0 Å². The Bertz CT molecular complexity index is 1310. The van der Waals surface area contributed by atoms with Crippen LogP contribution in [0.4, 0.5) is 5.69 Å². The lowest BCUT2D eigenvalue weighted by atomic mass is 9.96. The third-order valence-corrected chi connectivity index (χ3v) is 5.63. The number of fused-ring (bicyclic) bond motifs is 2. The van der Waals surface area contributed by atoms with Crippen molar-refractivity contribution in [1.29, 1.82) is 0 Å². The Morgan fingerprint density at radius 1 is 1.17 bits per heavy atom. The van der Waals surface area contributed by atoms with Gasteiger partial charge in [-0.25, -0.2) is 9.64 Å². The lowest BCUT2D eigenvalue weighted by Crippen LogP contribution is -2.15. The van der Waals surface area contributed by atoms with Crippen LogP contribution in [-0.2, 0) is 11.3 Å². The molecule has 0 saturated carbocycles. The molecule has 3 aromatic carbocycles. The van der Waals surface area contributed by atoms with Crippen molar-refractivity contribution in [3.63, 3.8) is 0 Å². The average Bonchev–Trinajstić information content (AvgIpc) is 2.82. The van der Waals surface area contributed by atoms with Crippen LogP contribution in [0.15, 0.2) is 48.5 Å². The van der Waals surface area contributed by atoms with Crippen LogP contribution in [0.5, 0.6) is 28.7 Å². The monoisotopic (exact) mass is 473 g/mol. The second-order valence-electron chi connectivity index (χ2n) is 8.85. The number of hydrogen-bond acceptors (Lipinski definition) is 6. The Morgan fingerprint density at radius 2 is 1.97 bits per heavy atom. The van der Waals surface area contributed by atoms with E-state index in [9.17, 15) is 9.90 Å². The summed E-state index contributed by atoms with van der Waals surface area (Å²) in [5.41, 5.74) is 2.60. The second kappa shape index (κ2) is 10.1. The predicted octanol–water partition coefficient (Wildman–Crippen LogP) is 6.89. The van der Waals surface area contributed by atoms with Crippen molar-refractivity contribution in [2.24, 2.45) is 5.92 Å². The fraction of sp³-hybridized carbons (Fsp3) is 0.286. The van der Waals surface area contributed by atoms with Gasteiger partial charge in [-0.2, -0.15) is 0 Å². The minimum atomic E-state index is -0.808. The molecule has 35 heavy (non-hydrogen) atoms. The normalized spacial score (nSPS) is 13.3. The molecule has 7 nitrogen and oxygen atoms in total. The number of methoxy groups -OCH3 is 1. The summed E-state index contributed by atoms with van der Waals surface area (Å²) < 4.78 is 23.6. The summed E-state index contributed by atoms with van der Waals surface area (Å²) in [6, 6.07) is 13.9. The topological polar surface area (TPSA) is 78.6 Å². The van der Waals surface area contributed by atoms with Gasteiger partial charge in [-0.3, -0.25) is 0 Å². The van der Waals surface area contributed by atoms with E-state index in [1.54, 1.807) is 36.4 Å². The lowest BCUT2D eigenvalue weighted by molar-refractivity contribution is 0.0454. The maximum Gasteiger partial charge on any atom is 0.346 e.